The van der Waals surface area contributed by atoms with E-state index in [1.807, 2.05) is 42.1 Å². The molecule has 1 saturated carbocycles. The van der Waals surface area contributed by atoms with Gasteiger partial charge < -0.3 is 11.1 Å². The van der Waals surface area contributed by atoms with Crippen molar-refractivity contribution in [3.8, 4) is 5.69 Å². The molecule has 5 heteroatoms. The summed E-state index contributed by atoms with van der Waals surface area (Å²) in [6.45, 7) is 2.62. The molecule has 3 atom stereocenters. The van der Waals surface area contributed by atoms with Crippen LogP contribution in [0.1, 0.15) is 37.8 Å². The number of nitrogens with zero attached hydrogens (tertiary/aromatic N) is 2. The first-order valence-electron chi connectivity index (χ1n) is 8.29. The largest absolute Gasteiger partial charge is 0.349 e. The van der Waals surface area contributed by atoms with Gasteiger partial charge in [-0.05, 0) is 56.0 Å². The Hall–Kier alpha value is -2.14. The maximum absolute atomic E-state index is 12.5. The van der Waals surface area contributed by atoms with E-state index in [0.29, 0.717) is 12.5 Å². The second-order valence-electron chi connectivity index (χ2n) is 6.31. The molecule has 2 aromatic rings. The van der Waals surface area contributed by atoms with Gasteiger partial charge in [-0.1, -0.05) is 18.6 Å². The lowest BCUT2D eigenvalue weighted by Gasteiger charge is -2.21. The van der Waals surface area contributed by atoms with Crippen molar-refractivity contribution in [3.05, 3.63) is 48.3 Å². The van der Waals surface area contributed by atoms with E-state index >= 15 is 0 Å². The highest BCUT2D eigenvalue weighted by Gasteiger charge is 2.32. The fourth-order valence-corrected chi connectivity index (χ4v) is 3.43. The Morgan fingerprint density at radius 3 is 3.04 bits per heavy atom. The first-order valence-corrected chi connectivity index (χ1v) is 8.29. The highest BCUT2D eigenvalue weighted by Crippen LogP contribution is 2.31. The summed E-state index contributed by atoms with van der Waals surface area (Å²) in [5.74, 6) is 0.532. The quantitative estimate of drug-likeness (QED) is 0.890. The zero-order valence-corrected chi connectivity index (χ0v) is 13.5. The Labute approximate surface area is 136 Å². The Kier molecular flexibility index (Phi) is 4.76. The van der Waals surface area contributed by atoms with Crippen LogP contribution >= 0.6 is 0 Å². The van der Waals surface area contributed by atoms with Gasteiger partial charge in [0, 0.05) is 18.3 Å². The van der Waals surface area contributed by atoms with Gasteiger partial charge in [0.05, 0.1) is 11.7 Å². The summed E-state index contributed by atoms with van der Waals surface area (Å²) >= 11 is 0. The number of rotatable bonds is 5. The first-order chi connectivity index (χ1) is 11.2. The summed E-state index contributed by atoms with van der Waals surface area (Å²) in [5, 5.41) is 7.40. The van der Waals surface area contributed by atoms with E-state index in [4.69, 9.17) is 5.73 Å². The SMILES string of the molecule is CC(NC(=O)[C@@H]1CCC[C@@H]1CN)c1cccc(-n2cccn2)c1. The Morgan fingerprint density at radius 1 is 1.43 bits per heavy atom. The smallest absolute Gasteiger partial charge is 0.223 e. The lowest BCUT2D eigenvalue weighted by atomic mass is 9.94. The van der Waals surface area contributed by atoms with Crippen molar-refractivity contribution in [1.82, 2.24) is 15.1 Å². The van der Waals surface area contributed by atoms with Gasteiger partial charge in [0.1, 0.15) is 0 Å². The van der Waals surface area contributed by atoms with Crippen LogP contribution < -0.4 is 11.1 Å². The molecule has 5 nitrogen and oxygen atoms in total. The molecule has 1 aliphatic carbocycles. The van der Waals surface area contributed by atoms with E-state index in [1.165, 1.54) is 0 Å². The molecule has 1 unspecified atom stereocenters. The maximum Gasteiger partial charge on any atom is 0.223 e. The molecule has 122 valence electrons. The van der Waals surface area contributed by atoms with Gasteiger partial charge in [-0.25, -0.2) is 4.68 Å². The van der Waals surface area contributed by atoms with E-state index in [2.05, 4.69) is 16.5 Å². The molecule has 3 N–H and O–H groups in total. The fraction of sp³-hybridized carbons (Fsp3) is 0.444. The average molecular weight is 312 g/mol. The fourth-order valence-electron chi connectivity index (χ4n) is 3.43. The van der Waals surface area contributed by atoms with Crippen LogP contribution in [0.2, 0.25) is 0 Å². The Bertz CT molecular complexity index is 653. The van der Waals surface area contributed by atoms with E-state index in [-0.39, 0.29) is 17.9 Å². The van der Waals surface area contributed by atoms with Crippen LogP contribution in [0.25, 0.3) is 5.69 Å². The lowest BCUT2D eigenvalue weighted by molar-refractivity contribution is -0.126. The van der Waals surface area contributed by atoms with Gasteiger partial charge >= 0.3 is 0 Å². The maximum atomic E-state index is 12.5. The topological polar surface area (TPSA) is 72.9 Å². The third-order valence-electron chi connectivity index (χ3n) is 4.80. The number of nitrogens with one attached hydrogen (secondary N) is 1. The summed E-state index contributed by atoms with van der Waals surface area (Å²) in [6.07, 6.45) is 6.78. The molecule has 1 fully saturated rings. The summed E-state index contributed by atoms with van der Waals surface area (Å²) < 4.78 is 1.82. The van der Waals surface area contributed by atoms with Gasteiger partial charge in [-0.3, -0.25) is 4.79 Å². The van der Waals surface area contributed by atoms with Crippen LogP contribution in [0, 0.1) is 11.8 Å². The highest BCUT2D eigenvalue weighted by atomic mass is 16.2. The minimum Gasteiger partial charge on any atom is -0.349 e. The third-order valence-corrected chi connectivity index (χ3v) is 4.80. The number of amides is 1. The van der Waals surface area contributed by atoms with Gasteiger partial charge in [0.2, 0.25) is 5.91 Å². The van der Waals surface area contributed by atoms with Crippen LogP contribution in [-0.2, 0) is 4.79 Å². The molecule has 0 spiro atoms. The summed E-state index contributed by atoms with van der Waals surface area (Å²) in [7, 11) is 0. The van der Waals surface area contributed by atoms with E-state index in [0.717, 1.165) is 30.5 Å². The van der Waals surface area contributed by atoms with Gasteiger partial charge in [-0.2, -0.15) is 5.10 Å². The van der Waals surface area contributed by atoms with E-state index in [1.54, 1.807) is 6.20 Å². The van der Waals surface area contributed by atoms with Crippen molar-refractivity contribution in [2.24, 2.45) is 17.6 Å². The molecule has 3 rings (SSSR count). The van der Waals surface area contributed by atoms with Crippen molar-refractivity contribution in [2.75, 3.05) is 6.54 Å². The van der Waals surface area contributed by atoms with Crippen LogP contribution in [0.15, 0.2) is 42.7 Å². The van der Waals surface area contributed by atoms with Crippen LogP contribution in [0.3, 0.4) is 0 Å². The first kappa shape index (κ1) is 15.7. The van der Waals surface area contributed by atoms with Crippen LogP contribution in [-0.4, -0.2) is 22.2 Å². The summed E-state index contributed by atoms with van der Waals surface area (Å²) in [6, 6.07) is 9.96. The predicted molar refractivity (Wildman–Crippen MR) is 90.0 cm³/mol. The van der Waals surface area contributed by atoms with E-state index < -0.39 is 0 Å². The van der Waals surface area contributed by atoms with Crippen LogP contribution in [0.5, 0.6) is 0 Å². The van der Waals surface area contributed by atoms with Crippen molar-refractivity contribution in [3.63, 3.8) is 0 Å². The van der Waals surface area contributed by atoms with Crippen molar-refractivity contribution in [1.29, 1.82) is 0 Å². The number of hydrogen-bond donors (Lipinski definition) is 2. The number of carbonyl (C=O) groups is 1. The number of nitrogens with two attached hydrogens (primary N) is 1. The summed E-state index contributed by atoms with van der Waals surface area (Å²) in [5.41, 5.74) is 7.86. The molecule has 0 saturated heterocycles. The zero-order chi connectivity index (χ0) is 16.2. The van der Waals surface area contributed by atoms with Gasteiger partial charge in [0.25, 0.3) is 0 Å². The molecule has 1 heterocycles. The Morgan fingerprint density at radius 2 is 2.30 bits per heavy atom. The molecular formula is C18H24N4O. The Balaban J connectivity index is 1.70. The van der Waals surface area contributed by atoms with Crippen molar-refractivity contribution in [2.45, 2.75) is 32.2 Å². The van der Waals surface area contributed by atoms with Gasteiger partial charge in [-0.15, -0.1) is 0 Å². The lowest BCUT2D eigenvalue weighted by Crippen LogP contribution is -2.36. The second kappa shape index (κ2) is 6.96. The molecule has 23 heavy (non-hydrogen) atoms. The van der Waals surface area contributed by atoms with Crippen LogP contribution in [0.4, 0.5) is 0 Å². The number of aromatic nitrogens is 2. The number of carbonyl (C=O) groups excluding carboxylic acids is 1. The minimum absolute atomic E-state index is 0.0305. The second-order valence-corrected chi connectivity index (χ2v) is 6.31. The standard InChI is InChI=1S/C18H24N4O/c1-13(21-18(23)17-8-3-6-15(17)12-19)14-5-2-7-16(11-14)22-10-4-9-20-22/h2,4-5,7,9-11,13,15,17H,3,6,8,12,19H2,1H3,(H,21,23)/t13?,15-,17-/m1/s1. The van der Waals surface area contributed by atoms with E-state index in [9.17, 15) is 4.79 Å². The molecule has 0 bridgehead atoms. The van der Waals surface area contributed by atoms with Gasteiger partial charge in [0.15, 0.2) is 0 Å². The molecule has 1 aromatic carbocycles. The number of benzene rings is 1. The zero-order valence-electron chi connectivity index (χ0n) is 13.5. The number of hydrogen-bond acceptors (Lipinski definition) is 3. The molecule has 0 radical (unpaired) electrons. The molecule has 0 aliphatic heterocycles. The molecular weight excluding hydrogens is 288 g/mol. The molecule has 1 aliphatic rings. The average Bonchev–Trinajstić information content (AvgIpc) is 3.26. The van der Waals surface area contributed by atoms with Crippen molar-refractivity contribution < 1.29 is 4.79 Å². The highest BCUT2D eigenvalue weighted by molar-refractivity contribution is 5.79. The normalized spacial score (nSPS) is 22.0. The summed E-state index contributed by atoms with van der Waals surface area (Å²) in [4.78, 5) is 12.5. The predicted octanol–water partition coefficient (Wildman–Crippen LogP) is 2.42. The minimum atomic E-state index is -0.0305. The molecule has 1 amide bonds. The molecule has 1 aromatic heterocycles. The van der Waals surface area contributed by atoms with Crippen molar-refractivity contribution >= 4 is 5.91 Å². The third kappa shape index (κ3) is 3.45. The monoisotopic (exact) mass is 312 g/mol.